The van der Waals surface area contributed by atoms with Crippen LogP contribution in [0, 0.1) is 17.2 Å². The lowest BCUT2D eigenvalue weighted by atomic mass is 10.0. The second-order valence-electron chi connectivity index (χ2n) is 5.91. The first kappa shape index (κ1) is 17.3. The van der Waals surface area contributed by atoms with Gasteiger partial charge < -0.3 is 15.1 Å². The zero-order valence-electron chi connectivity index (χ0n) is 13.4. The van der Waals surface area contributed by atoms with E-state index < -0.39 is 6.04 Å². The van der Waals surface area contributed by atoms with Crippen LogP contribution in [0.3, 0.4) is 0 Å². The van der Waals surface area contributed by atoms with E-state index in [1.807, 2.05) is 20.8 Å². The summed E-state index contributed by atoms with van der Waals surface area (Å²) in [6, 6.07) is 1.08. The number of likely N-dealkylation sites (tertiary alicyclic amines) is 1. The van der Waals surface area contributed by atoms with Crippen molar-refractivity contribution in [3.63, 3.8) is 0 Å². The van der Waals surface area contributed by atoms with Gasteiger partial charge in [-0.2, -0.15) is 5.26 Å². The monoisotopic (exact) mass is 294 g/mol. The lowest BCUT2D eigenvalue weighted by Gasteiger charge is -2.32. The average molecular weight is 294 g/mol. The Hall–Kier alpha value is -1.77. The second-order valence-corrected chi connectivity index (χ2v) is 5.91. The molecule has 1 heterocycles. The van der Waals surface area contributed by atoms with Gasteiger partial charge in [-0.15, -0.1) is 0 Å². The highest BCUT2D eigenvalue weighted by Gasteiger charge is 2.36. The summed E-state index contributed by atoms with van der Waals surface area (Å²) >= 11 is 0. The van der Waals surface area contributed by atoms with Crippen LogP contribution in [0.25, 0.3) is 0 Å². The number of rotatable bonds is 5. The van der Waals surface area contributed by atoms with Crippen molar-refractivity contribution in [1.29, 1.82) is 5.26 Å². The van der Waals surface area contributed by atoms with Crippen LogP contribution in [0.5, 0.6) is 0 Å². The maximum Gasteiger partial charge on any atom is 0.317 e. The van der Waals surface area contributed by atoms with Crippen LogP contribution < -0.4 is 5.32 Å². The molecule has 1 aliphatic rings. The highest BCUT2D eigenvalue weighted by atomic mass is 16.2. The Bertz CT molecular complexity index is 416. The van der Waals surface area contributed by atoms with Crippen molar-refractivity contribution < 1.29 is 9.59 Å². The van der Waals surface area contributed by atoms with Gasteiger partial charge >= 0.3 is 6.03 Å². The van der Waals surface area contributed by atoms with Crippen molar-refractivity contribution in [3.05, 3.63) is 0 Å². The molecular formula is C15H26N4O2. The molecule has 6 heteroatoms. The number of likely N-dealkylation sites (N-methyl/N-ethyl adjacent to an activating group) is 1. The van der Waals surface area contributed by atoms with Gasteiger partial charge in [0.25, 0.3) is 0 Å². The van der Waals surface area contributed by atoms with Crippen LogP contribution in [0.15, 0.2) is 0 Å². The van der Waals surface area contributed by atoms with E-state index >= 15 is 0 Å². The normalized spacial score (nSPS) is 19.2. The van der Waals surface area contributed by atoms with Crippen LogP contribution in [0.4, 0.5) is 4.79 Å². The van der Waals surface area contributed by atoms with Gasteiger partial charge in [-0.1, -0.05) is 13.8 Å². The third kappa shape index (κ3) is 4.35. The van der Waals surface area contributed by atoms with Gasteiger partial charge in [0, 0.05) is 20.1 Å². The zero-order valence-corrected chi connectivity index (χ0v) is 13.4. The SMILES string of the molecule is CCNC(=O)N(C)[C@@H](CC(C)C)C(=O)N1CCC[C@H]1C#N. The first-order valence-corrected chi connectivity index (χ1v) is 7.63. The van der Waals surface area contributed by atoms with Crippen LogP contribution >= 0.6 is 0 Å². The summed E-state index contributed by atoms with van der Waals surface area (Å²) in [6.07, 6.45) is 2.17. The Kier molecular flexibility index (Phi) is 6.47. The third-order valence-corrected chi connectivity index (χ3v) is 3.78. The molecule has 2 atom stereocenters. The van der Waals surface area contributed by atoms with Crippen LogP contribution in [0.2, 0.25) is 0 Å². The topological polar surface area (TPSA) is 76.4 Å². The number of carbonyl (C=O) groups excluding carboxylic acids is 2. The Morgan fingerprint density at radius 3 is 2.67 bits per heavy atom. The van der Waals surface area contributed by atoms with Gasteiger partial charge in [-0.25, -0.2) is 4.79 Å². The molecule has 0 aromatic carbocycles. The summed E-state index contributed by atoms with van der Waals surface area (Å²) in [7, 11) is 1.65. The minimum absolute atomic E-state index is 0.110. The van der Waals surface area contributed by atoms with Crippen molar-refractivity contribution in [2.24, 2.45) is 5.92 Å². The lowest BCUT2D eigenvalue weighted by Crippen LogP contribution is -2.53. The predicted octanol–water partition coefficient (Wildman–Crippen LogP) is 1.58. The van der Waals surface area contributed by atoms with E-state index in [0.717, 1.165) is 12.8 Å². The van der Waals surface area contributed by atoms with Crippen LogP contribution in [0.1, 0.15) is 40.0 Å². The Balaban J connectivity index is 2.88. The van der Waals surface area contributed by atoms with Crippen molar-refractivity contribution in [2.45, 2.75) is 52.1 Å². The summed E-state index contributed by atoms with van der Waals surface area (Å²) in [6.45, 7) is 7.03. The maximum absolute atomic E-state index is 12.8. The first-order chi connectivity index (χ1) is 9.92. The average Bonchev–Trinajstić information content (AvgIpc) is 2.91. The standard InChI is InChI=1S/C15H26N4O2/c1-5-17-15(21)18(4)13(9-11(2)3)14(20)19-8-6-7-12(19)10-16/h11-13H,5-9H2,1-4H3,(H,17,21)/t12-,13-/m0/s1. The fourth-order valence-corrected chi connectivity index (χ4v) is 2.64. The molecule has 0 bridgehead atoms. The molecule has 0 spiro atoms. The molecule has 0 aliphatic carbocycles. The molecule has 0 aromatic rings. The minimum Gasteiger partial charge on any atom is -0.338 e. The number of hydrogen-bond acceptors (Lipinski definition) is 3. The molecule has 21 heavy (non-hydrogen) atoms. The van der Waals surface area contributed by atoms with Crippen molar-refractivity contribution >= 4 is 11.9 Å². The molecule has 6 nitrogen and oxygen atoms in total. The molecule has 1 saturated heterocycles. The first-order valence-electron chi connectivity index (χ1n) is 7.63. The van der Waals surface area contributed by atoms with Gasteiger partial charge in [0.05, 0.1) is 6.07 Å². The van der Waals surface area contributed by atoms with Gasteiger partial charge in [0.15, 0.2) is 0 Å². The summed E-state index contributed by atoms with van der Waals surface area (Å²) in [4.78, 5) is 27.9. The highest BCUT2D eigenvalue weighted by molar-refractivity contribution is 5.87. The van der Waals surface area contributed by atoms with E-state index in [0.29, 0.717) is 25.4 Å². The highest BCUT2D eigenvalue weighted by Crippen LogP contribution is 2.21. The van der Waals surface area contributed by atoms with Crippen molar-refractivity contribution in [1.82, 2.24) is 15.1 Å². The summed E-state index contributed by atoms with van der Waals surface area (Å²) in [5.41, 5.74) is 0. The fraction of sp³-hybridized carbons (Fsp3) is 0.800. The largest absolute Gasteiger partial charge is 0.338 e. The summed E-state index contributed by atoms with van der Waals surface area (Å²) in [5.74, 6) is 0.181. The maximum atomic E-state index is 12.8. The van der Waals surface area contributed by atoms with Crippen molar-refractivity contribution in [3.8, 4) is 6.07 Å². The predicted molar refractivity (Wildman–Crippen MR) is 80.4 cm³/mol. The fourth-order valence-electron chi connectivity index (χ4n) is 2.64. The molecule has 118 valence electrons. The van der Waals surface area contributed by atoms with Crippen LogP contribution in [-0.4, -0.2) is 54.0 Å². The summed E-state index contributed by atoms with van der Waals surface area (Å²) in [5, 5.41) is 11.9. The zero-order chi connectivity index (χ0) is 16.0. The smallest absolute Gasteiger partial charge is 0.317 e. The number of carbonyl (C=O) groups is 2. The molecule has 1 N–H and O–H groups in total. The lowest BCUT2D eigenvalue weighted by molar-refractivity contribution is -0.136. The van der Waals surface area contributed by atoms with E-state index in [9.17, 15) is 9.59 Å². The molecular weight excluding hydrogens is 268 g/mol. The second kappa shape index (κ2) is 7.87. The molecule has 1 aliphatic heterocycles. The van der Waals surface area contributed by atoms with Gasteiger partial charge in [-0.3, -0.25) is 4.79 Å². The molecule has 3 amide bonds. The Morgan fingerprint density at radius 1 is 1.48 bits per heavy atom. The van der Waals surface area contributed by atoms with Gasteiger partial charge in [-0.05, 0) is 32.1 Å². The number of nitriles is 1. The number of urea groups is 1. The van der Waals surface area contributed by atoms with Gasteiger partial charge in [0.1, 0.15) is 12.1 Å². The summed E-state index contributed by atoms with van der Waals surface area (Å²) < 4.78 is 0. The molecule has 0 unspecified atom stereocenters. The van der Waals surface area contributed by atoms with E-state index in [1.165, 1.54) is 4.90 Å². The van der Waals surface area contributed by atoms with E-state index in [1.54, 1.807) is 11.9 Å². The number of hydrogen-bond donors (Lipinski definition) is 1. The Labute approximate surface area is 127 Å². The third-order valence-electron chi connectivity index (χ3n) is 3.78. The molecule has 1 rings (SSSR count). The minimum atomic E-state index is -0.509. The molecule has 1 fully saturated rings. The van der Waals surface area contributed by atoms with E-state index in [-0.39, 0.29) is 18.0 Å². The quantitative estimate of drug-likeness (QED) is 0.836. The van der Waals surface area contributed by atoms with Gasteiger partial charge in [0.2, 0.25) is 5.91 Å². The van der Waals surface area contributed by atoms with Crippen LogP contribution in [-0.2, 0) is 4.79 Å². The van der Waals surface area contributed by atoms with Crippen molar-refractivity contribution in [2.75, 3.05) is 20.1 Å². The molecule has 0 aromatic heterocycles. The number of nitrogens with zero attached hydrogens (tertiary/aromatic N) is 3. The Morgan fingerprint density at radius 2 is 2.14 bits per heavy atom. The molecule has 0 saturated carbocycles. The van der Waals surface area contributed by atoms with E-state index in [2.05, 4.69) is 11.4 Å². The number of amides is 3. The molecule has 0 radical (unpaired) electrons. The van der Waals surface area contributed by atoms with E-state index in [4.69, 9.17) is 5.26 Å². The number of nitrogens with one attached hydrogen (secondary N) is 1.